The van der Waals surface area contributed by atoms with Crippen LogP contribution in [0.15, 0.2) is 30.3 Å². The summed E-state index contributed by atoms with van der Waals surface area (Å²) in [7, 11) is -0.882. The molecule has 0 saturated carbocycles. The Morgan fingerprint density at radius 2 is 1.91 bits per heavy atom. The highest BCUT2D eigenvalue weighted by atomic mass is 32.2. The van der Waals surface area contributed by atoms with Gasteiger partial charge in [-0.1, -0.05) is 37.3 Å². The number of piperidine rings is 1. The van der Waals surface area contributed by atoms with Crippen molar-refractivity contribution in [1.82, 2.24) is 10.2 Å². The average Bonchev–Trinajstić information content (AvgIpc) is 2.50. The topological polar surface area (TPSA) is 49.4 Å². The summed E-state index contributed by atoms with van der Waals surface area (Å²) in [4.78, 5) is 15.0. The van der Waals surface area contributed by atoms with Gasteiger partial charge in [0.2, 0.25) is 5.91 Å². The van der Waals surface area contributed by atoms with Crippen molar-refractivity contribution in [3.8, 4) is 0 Å². The molecule has 0 bridgehead atoms. The maximum atomic E-state index is 12.5. The van der Waals surface area contributed by atoms with E-state index < -0.39 is 10.8 Å². The van der Waals surface area contributed by atoms with Crippen LogP contribution in [0.25, 0.3) is 0 Å². The number of amides is 1. The smallest absolute Gasteiger partial charge is 0.226 e. The molecular formula is C18H28N2O2S. The molecule has 0 aliphatic carbocycles. The highest BCUT2D eigenvalue weighted by Crippen LogP contribution is 2.31. The Bertz CT molecular complexity index is 539. The molecule has 1 aromatic rings. The summed E-state index contributed by atoms with van der Waals surface area (Å²) in [6.07, 6.45) is 3.41. The molecule has 1 aromatic carbocycles. The van der Waals surface area contributed by atoms with Crippen molar-refractivity contribution in [2.45, 2.75) is 39.3 Å². The third-order valence-corrected chi connectivity index (χ3v) is 5.59. The van der Waals surface area contributed by atoms with E-state index >= 15 is 0 Å². The fourth-order valence-electron chi connectivity index (χ4n) is 3.07. The summed E-state index contributed by atoms with van der Waals surface area (Å²) < 4.78 is 11.3. The molecule has 0 radical (unpaired) electrons. The first kappa shape index (κ1) is 18.1. The Morgan fingerprint density at radius 3 is 2.48 bits per heavy atom. The minimum Gasteiger partial charge on any atom is -0.352 e. The van der Waals surface area contributed by atoms with Crippen LogP contribution in [0.1, 0.15) is 32.3 Å². The van der Waals surface area contributed by atoms with E-state index in [1.54, 1.807) is 6.26 Å². The van der Waals surface area contributed by atoms with Gasteiger partial charge >= 0.3 is 0 Å². The van der Waals surface area contributed by atoms with E-state index in [1.807, 2.05) is 13.0 Å². The molecule has 2 atom stereocenters. The Hall–Kier alpha value is -1.20. The Labute approximate surface area is 142 Å². The second-order valence-corrected chi connectivity index (χ2v) is 8.42. The highest BCUT2D eigenvalue weighted by molar-refractivity contribution is 7.84. The highest BCUT2D eigenvalue weighted by Gasteiger charge is 2.37. The lowest BCUT2D eigenvalue weighted by Crippen LogP contribution is -2.49. The average molecular weight is 337 g/mol. The number of nitrogens with one attached hydrogen (secondary N) is 1. The third kappa shape index (κ3) is 5.43. The van der Waals surface area contributed by atoms with Crippen LogP contribution in [0.3, 0.4) is 0 Å². The van der Waals surface area contributed by atoms with Gasteiger partial charge in [0.05, 0.1) is 0 Å². The summed E-state index contributed by atoms with van der Waals surface area (Å²) in [5, 5.41) is 3.04. The lowest BCUT2D eigenvalue weighted by Gasteiger charge is -2.38. The van der Waals surface area contributed by atoms with Crippen molar-refractivity contribution < 1.29 is 9.00 Å². The molecule has 0 spiro atoms. The molecule has 5 heteroatoms. The second-order valence-electron chi connectivity index (χ2n) is 6.94. The molecular weight excluding hydrogens is 308 g/mol. The fraction of sp³-hybridized carbons (Fsp3) is 0.611. The zero-order valence-electron chi connectivity index (χ0n) is 14.4. The number of likely N-dealkylation sites (tertiary alicyclic amines) is 1. The van der Waals surface area contributed by atoms with Crippen molar-refractivity contribution in [3.63, 3.8) is 0 Å². The molecule has 1 N–H and O–H groups in total. The summed E-state index contributed by atoms with van der Waals surface area (Å²) in [6, 6.07) is 10.4. The van der Waals surface area contributed by atoms with E-state index in [1.165, 1.54) is 5.56 Å². The maximum Gasteiger partial charge on any atom is 0.226 e. The van der Waals surface area contributed by atoms with Crippen LogP contribution in [0.2, 0.25) is 0 Å². The molecule has 2 unspecified atom stereocenters. The summed E-state index contributed by atoms with van der Waals surface area (Å²) in [5.74, 6) is 0.622. The normalized spacial score (nSPS) is 20.7. The van der Waals surface area contributed by atoms with E-state index in [9.17, 15) is 9.00 Å². The van der Waals surface area contributed by atoms with Gasteiger partial charge in [0.25, 0.3) is 0 Å². The van der Waals surface area contributed by atoms with E-state index in [-0.39, 0.29) is 17.4 Å². The Kier molecular flexibility index (Phi) is 6.36. The third-order valence-electron chi connectivity index (χ3n) is 4.62. The minimum absolute atomic E-state index is 0.0347. The van der Waals surface area contributed by atoms with Crippen molar-refractivity contribution in [2.75, 3.05) is 25.1 Å². The van der Waals surface area contributed by atoms with E-state index in [0.717, 1.165) is 32.5 Å². The quantitative estimate of drug-likeness (QED) is 0.866. The van der Waals surface area contributed by atoms with Gasteiger partial charge in [-0.3, -0.25) is 13.9 Å². The van der Waals surface area contributed by atoms with E-state index in [0.29, 0.717) is 5.75 Å². The van der Waals surface area contributed by atoms with Gasteiger partial charge in [-0.15, -0.1) is 0 Å². The number of carbonyl (C=O) groups is 1. The maximum absolute atomic E-state index is 12.5. The van der Waals surface area contributed by atoms with Crippen LogP contribution < -0.4 is 5.32 Å². The molecule has 1 aliphatic rings. The van der Waals surface area contributed by atoms with Crippen LogP contribution in [0.5, 0.6) is 0 Å². The molecule has 1 heterocycles. The molecule has 2 rings (SSSR count). The van der Waals surface area contributed by atoms with Crippen LogP contribution in [-0.4, -0.2) is 46.2 Å². The molecule has 1 fully saturated rings. The number of rotatable bonds is 6. The van der Waals surface area contributed by atoms with Crippen molar-refractivity contribution in [1.29, 1.82) is 0 Å². The van der Waals surface area contributed by atoms with Gasteiger partial charge in [-0.05, 0) is 38.4 Å². The SMILES string of the molecule is CC(CS(C)=O)NC(=O)C1(C)CCN(Cc2ccccc2)CC1. The lowest BCUT2D eigenvalue weighted by molar-refractivity contribution is -0.133. The first-order valence-corrected chi connectivity index (χ1v) is 9.99. The van der Waals surface area contributed by atoms with E-state index in [2.05, 4.69) is 41.4 Å². The molecule has 23 heavy (non-hydrogen) atoms. The van der Waals surface area contributed by atoms with E-state index in [4.69, 9.17) is 0 Å². The summed E-state index contributed by atoms with van der Waals surface area (Å²) in [6.45, 7) is 6.80. The zero-order chi connectivity index (χ0) is 16.9. The predicted molar refractivity (Wildman–Crippen MR) is 95.6 cm³/mol. The zero-order valence-corrected chi connectivity index (χ0v) is 15.2. The molecule has 128 valence electrons. The first-order valence-electron chi connectivity index (χ1n) is 8.26. The molecule has 1 amide bonds. The Balaban J connectivity index is 1.84. The molecule has 1 saturated heterocycles. The summed E-state index contributed by atoms with van der Waals surface area (Å²) >= 11 is 0. The van der Waals surface area contributed by atoms with Crippen LogP contribution in [0, 0.1) is 5.41 Å². The number of hydrogen-bond acceptors (Lipinski definition) is 3. The number of nitrogens with zero attached hydrogens (tertiary/aromatic N) is 1. The number of benzene rings is 1. The van der Waals surface area contributed by atoms with Gasteiger partial charge in [0.15, 0.2) is 0 Å². The second kappa shape index (κ2) is 8.06. The first-order chi connectivity index (χ1) is 10.9. The van der Waals surface area contributed by atoms with Gasteiger partial charge in [-0.25, -0.2) is 0 Å². The van der Waals surface area contributed by atoms with Crippen LogP contribution in [-0.2, 0) is 22.1 Å². The standard InChI is InChI=1S/C18H28N2O2S/c1-15(14-23(3)22)19-17(21)18(2)9-11-20(12-10-18)13-16-7-5-4-6-8-16/h4-8,15H,9-14H2,1-3H3,(H,19,21). The largest absolute Gasteiger partial charge is 0.352 e. The fourth-order valence-corrected chi connectivity index (χ4v) is 3.85. The van der Waals surface area contributed by atoms with Gasteiger partial charge < -0.3 is 5.32 Å². The van der Waals surface area contributed by atoms with Crippen molar-refractivity contribution in [3.05, 3.63) is 35.9 Å². The lowest BCUT2D eigenvalue weighted by atomic mass is 9.79. The number of carbonyl (C=O) groups excluding carboxylic acids is 1. The minimum atomic E-state index is -0.882. The van der Waals surface area contributed by atoms with Crippen molar-refractivity contribution >= 4 is 16.7 Å². The molecule has 1 aliphatic heterocycles. The van der Waals surface area contributed by atoms with Crippen molar-refractivity contribution in [2.24, 2.45) is 5.41 Å². The summed E-state index contributed by atoms with van der Waals surface area (Å²) in [5.41, 5.74) is 1.01. The monoisotopic (exact) mass is 336 g/mol. The van der Waals surface area contributed by atoms with Gasteiger partial charge in [0.1, 0.15) is 0 Å². The molecule has 0 aromatic heterocycles. The number of hydrogen-bond donors (Lipinski definition) is 1. The van der Waals surface area contributed by atoms with Gasteiger partial charge in [-0.2, -0.15) is 0 Å². The Morgan fingerprint density at radius 1 is 1.30 bits per heavy atom. The molecule has 4 nitrogen and oxygen atoms in total. The predicted octanol–water partition coefficient (Wildman–Crippen LogP) is 2.17. The van der Waals surface area contributed by atoms with Crippen LogP contribution in [0.4, 0.5) is 0 Å². The van der Waals surface area contributed by atoms with Crippen LogP contribution >= 0.6 is 0 Å². The van der Waals surface area contributed by atoms with Gasteiger partial charge in [0, 0.05) is 40.8 Å².